The Morgan fingerprint density at radius 2 is 1.92 bits per heavy atom. The molecule has 4 rings (SSSR count). The molecule has 0 amide bonds. The lowest BCUT2D eigenvalue weighted by Crippen LogP contribution is -2.37. The molecule has 1 saturated carbocycles. The Morgan fingerprint density at radius 3 is 2.67 bits per heavy atom. The van der Waals surface area contributed by atoms with E-state index in [1.807, 2.05) is 19.2 Å². The number of piperidine rings is 1. The number of rotatable bonds is 4. The van der Waals surface area contributed by atoms with Crippen molar-refractivity contribution in [3.05, 3.63) is 46.3 Å². The van der Waals surface area contributed by atoms with Gasteiger partial charge in [0.1, 0.15) is 11.6 Å². The summed E-state index contributed by atoms with van der Waals surface area (Å²) in [5.74, 6) is 3.14. The van der Waals surface area contributed by atoms with Crippen LogP contribution in [-0.2, 0) is 6.54 Å². The summed E-state index contributed by atoms with van der Waals surface area (Å²) in [5.41, 5.74) is 0.883. The second kappa shape index (κ2) is 6.34. The molecule has 0 aromatic carbocycles. The molecular weight excluding hydrogens is 302 g/mol. The molecule has 2 aromatic heterocycles. The average molecular weight is 325 g/mol. The highest BCUT2D eigenvalue weighted by Crippen LogP contribution is 2.38. The van der Waals surface area contributed by atoms with Gasteiger partial charge < -0.3 is 4.90 Å². The topological polar surface area (TPSA) is 63.9 Å². The highest BCUT2D eigenvalue weighted by molar-refractivity contribution is 5.38. The van der Waals surface area contributed by atoms with Crippen LogP contribution in [0.4, 0.5) is 5.82 Å². The van der Waals surface area contributed by atoms with E-state index in [0.29, 0.717) is 18.4 Å². The second-order valence-corrected chi connectivity index (χ2v) is 6.97. The molecule has 0 bridgehead atoms. The highest BCUT2D eigenvalue weighted by atomic mass is 16.1. The first kappa shape index (κ1) is 15.3. The summed E-state index contributed by atoms with van der Waals surface area (Å²) < 4.78 is 1.62. The third-order valence-corrected chi connectivity index (χ3v) is 4.97. The molecule has 2 aromatic rings. The maximum atomic E-state index is 11.9. The quantitative estimate of drug-likeness (QED) is 0.862. The maximum Gasteiger partial charge on any atom is 0.266 e. The molecule has 126 valence electrons. The normalized spacial score (nSPS) is 18.8. The third-order valence-electron chi connectivity index (χ3n) is 4.97. The fraction of sp³-hybridized carbons (Fsp3) is 0.556. The Balaban J connectivity index is 1.39. The summed E-state index contributed by atoms with van der Waals surface area (Å²) in [7, 11) is 0. The number of hydrogen-bond donors (Lipinski definition) is 0. The van der Waals surface area contributed by atoms with Gasteiger partial charge in [0.05, 0.1) is 5.69 Å². The molecule has 0 N–H and O–H groups in total. The van der Waals surface area contributed by atoms with E-state index >= 15 is 0 Å². The Bertz CT molecular complexity index is 775. The van der Waals surface area contributed by atoms with Crippen molar-refractivity contribution in [3.8, 4) is 0 Å². The zero-order chi connectivity index (χ0) is 16.5. The lowest BCUT2D eigenvalue weighted by molar-refractivity contribution is 0.333. The first-order valence-corrected chi connectivity index (χ1v) is 8.82. The van der Waals surface area contributed by atoms with Crippen LogP contribution < -0.4 is 10.5 Å². The van der Waals surface area contributed by atoms with Crippen molar-refractivity contribution in [2.75, 3.05) is 18.0 Å². The molecule has 0 atom stereocenters. The molecule has 0 unspecified atom stereocenters. The first-order chi connectivity index (χ1) is 11.7. The van der Waals surface area contributed by atoms with Crippen LogP contribution in [0.1, 0.15) is 43.1 Å². The minimum atomic E-state index is -0.00657. The zero-order valence-electron chi connectivity index (χ0n) is 14.1. The number of aryl methyl sites for hydroxylation is 1. The Morgan fingerprint density at radius 1 is 1.12 bits per heavy atom. The lowest BCUT2D eigenvalue weighted by Gasteiger charge is -2.32. The van der Waals surface area contributed by atoms with Gasteiger partial charge in [-0.05, 0) is 50.7 Å². The van der Waals surface area contributed by atoms with Gasteiger partial charge in [-0.25, -0.2) is 14.6 Å². The summed E-state index contributed by atoms with van der Waals surface area (Å²) in [6.45, 7) is 4.59. The van der Waals surface area contributed by atoms with E-state index in [2.05, 4.69) is 15.0 Å². The van der Waals surface area contributed by atoms with Crippen LogP contribution in [0.2, 0.25) is 0 Å². The summed E-state index contributed by atoms with van der Waals surface area (Å²) in [4.78, 5) is 23.4. The van der Waals surface area contributed by atoms with Gasteiger partial charge in [0, 0.05) is 37.8 Å². The smallest absolute Gasteiger partial charge is 0.266 e. The molecule has 1 aliphatic heterocycles. The zero-order valence-corrected chi connectivity index (χ0v) is 14.1. The fourth-order valence-electron chi connectivity index (χ4n) is 3.35. The van der Waals surface area contributed by atoms with Gasteiger partial charge >= 0.3 is 0 Å². The Kier molecular flexibility index (Phi) is 4.04. The van der Waals surface area contributed by atoms with Crippen molar-refractivity contribution >= 4 is 5.82 Å². The van der Waals surface area contributed by atoms with Crippen LogP contribution in [0.15, 0.2) is 29.2 Å². The van der Waals surface area contributed by atoms with Crippen molar-refractivity contribution in [2.45, 2.75) is 45.1 Å². The van der Waals surface area contributed by atoms with Crippen LogP contribution >= 0.6 is 0 Å². The van der Waals surface area contributed by atoms with E-state index in [-0.39, 0.29) is 5.56 Å². The number of anilines is 1. The minimum absolute atomic E-state index is 0.00657. The molecule has 0 radical (unpaired) electrons. The maximum absolute atomic E-state index is 11.9. The lowest BCUT2D eigenvalue weighted by atomic mass is 9.97. The molecule has 1 saturated heterocycles. The van der Waals surface area contributed by atoms with Gasteiger partial charge in [0.15, 0.2) is 0 Å². The van der Waals surface area contributed by atoms with Crippen molar-refractivity contribution in [1.82, 2.24) is 19.7 Å². The van der Waals surface area contributed by atoms with Crippen molar-refractivity contribution < 1.29 is 0 Å². The van der Waals surface area contributed by atoms with Crippen LogP contribution in [-0.4, -0.2) is 32.8 Å². The third kappa shape index (κ3) is 3.32. The molecule has 1 aliphatic carbocycles. The van der Waals surface area contributed by atoms with Gasteiger partial charge in [0.25, 0.3) is 5.56 Å². The summed E-state index contributed by atoms with van der Waals surface area (Å²) in [5, 5.41) is 4.35. The van der Waals surface area contributed by atoms with Crippen LogP contribution in [0.25, 0.3) is 0 Å². The van der Waals surface area contributed by atoms with Gasteiger partial charge in [-0.2, -0.15) is 5.10 Å². The number of hydrogen-bond acceptors (Lipinski definition) is 5. The van der Waals surface area contributed by atoms with E-state index in [1.54, 1.807) is 16.8 Å². The molecule has 24 heavy (non-hydrogen) atoms. The molecule has 2 fully saturated rings. The predicted molar refractivity (Wildman–Crippen MR) is 92.2 cm³/mol. The molecule has 3 heterocycles. The Hall–Kier alpha value is -2.24. The first-order valence-electron chi connectivity index (χ1n) is 8.82. The Labute approximate surface area is 141 Å². The van der Waals surface area contributed by atoms with Gasteiger partial charge in [-0.1, -0.05) is 0 Å². The average Bonchev–Trinajstić information content (AvgIpc) is 3.44. The van der Waals surface area contributed by atoms with Crippen LogP contribution in [0, 0.1) is 12.8 Å². The molecule has 2 aliphatic rings. The monoisotopic (exact) mass is 325 g/mol. The van der Waals surface area contributed by atoms with Crippen molar-refractivity contribution in [2.24, 2.45) is 5.92 Å². The largest absolute Gasteiger partial charge is 0.356 e. The summed E-state index contributed by atoms with van der Waals surface area (Å²) in [6.07, 6.45) is 6.46. The summed E-state index contributed by atoms with van der Waals surface area (Å²) in [6, 6.07) is 5.39. The van der Waals surface area contributed by atoms with E-state index in [1.165, 1.54) is 12.8 Å². The molecular formula is C18H23N5O. The summed E-state index contributed by atoms with van der Waals surface area (Å²) >= 11 is 0. The van der Waals surface area contributed by atoms with E-state index in [4.69, 9.17) is 4.98 Å². The standard InChI is InChI=1S/C18H23N5O/c1-13-2-5-17(24)23(21-13)12-14-7-10-22(11-8-14)16-6-9-19-18(20-16)15-3-4-15/h2,5-6,9,14-15H,3-4,7-8,10-12H2,1H3. The van der Waals surface area contributed by atoms with Gasteiger partial charge in [-0.15, -0.1) is 0 Å². The van der Waals surface area contributed by atoms with Crippen molar-refractivity contribution in [1.29, 1.82) is 0 Å². The molecule has 6 nitrogen and oxygen atoms in total. The van der Waals surface area contributed by atoms with E-state index in [9.17, 15) is 4.79 Å². The fourth-order valence-corrected chi connectivity index (χ4v) is 3.35. The minimum Gasteiger partial charge on any atom is -0.356 e. The predicted octanol–water partition coefficient (Wildman–Crippen LogP) is 2.14. The van der Waals surface area contributed by atoms with Gasteiger partial charge in [-0.3, -0.25) is 4.79 Å². The van der Waals surface area contributed by atoms with E-state index < -0.39 is 0 Å². The molecule has 6 heteroatoms. The van der Waals surface area contributed by atoms with Crippen molar-refractivity contribution in [3.63, 3.8) is 0 Å². The number of aromatic nitrogens is 4. The van der Waals surface area contributed by atoms with Gasteiger partial charge in [0.2, 0.25) is 0 Å². The SMILES string of the molecule is Cc1ccc(=O)n(CC2CCN(c3ccnc(C4CC4)n3)CC2)n1. The molecule has 0 spiro atoms. The van der Waals surface area contributed by atoms with E-state index in [0.717, 1.165) is 43.3 Å². The van der Waals surface area contributed by atoms with Crippen LogP contribution in [0.5, 0.6) is 0 Å². The second-order valence-electron chi connectivity index (χ2n) is 6.97. The number of nitrogens with zero attached hydrogens (tertiary/aromatic N) is 5. The highest BCUT2D eigenvalue weighted by Gasteiger charge is 2.27. The van der Waals surface area contributed by atoms with Crippen LogP contribution in [0.3, 0.4) is 0 Å².